The van der Waals surface area contributed by atoms with Gasteiger partial charge in [0.15, 0.2) is 0 Å². The summed E-state index contributed by atoms with van der Waals surface area (Å²) < 4.78 is 0. The van der Waals surface area contributed by atoms with E-state index in [4.69, 9.17) is 0 Å². The Hall–Kier alpha value is -0.900. The van der Waals surface area contributed by atoms with E-state index in [-0.39, 0.29) is 6.10 Å². The standard InChI is InChI=1S/C13H20N2O/c16-13(12-5-2-1-3-6-12)11-15-9-4-7-14-8-10-15/h1-3,5-6,13-14,16H,4,7-11H2. The molecule has 3 heteroatoms. The first-order valence-corrected chi connectivity index (χ1v) is 6.02. The number of rotatable bonds is 3. The molecular weight excluding hydrogens is 200 g/mol. The van der Waals surface area contributed by atoms with Crippen LogP contribution >= 0.6 is 0 Å². The molecule has 2 rings (SSSR count). The van der Waals surface area contributed by atoms with Gasteiger partial charge in [0, 0.05) is 19.6 Å². The SMILES string of the molecule is OC(CN1CCCNCC1)c1ccccc1. The van der Waals surface area contributed by atoms with Crippen molar-refractivity contribution >= 4 is 0 Å². The smallest absolute Gasteiger partial charge is 0.0916 e. The predicted molar refractivity (Wildman–Crippen MR) is 65.3 cm³/mol. The van der Waals surface area contributed by atoms with E-state index in [1.165, 1.54) is 6.42 Å². The zero-order chi connectivity index (χ0) is 11.2. The number of nitrogens with one attached hydrogen (secondary N) is 1. The highest BCUT2D eigenvalue weighted by Crippen LogP contribution is 2.13. The Labute approximate surface area is 97.1 Å². The monoisotopic (exact) mass is 220 g/mol. The summed E-state index contributed by atoms with van der Waals surface area (Å²) in [5.74, 6) is 0. The quantitative estimate of drug-likeness (QED) is 0.798. The minimum atomic E-state index is -0.362. The minimum absolute atomic E-state index is 0.362. The molecule has 1 aliphatic rings. The van der Waals surface area contributed by atoms with Gasteiger partial charge in [-0.3, -0.25) is 4.90 Å². The third kappa shape index (κ3) is 3.30. The largest absolute Gasteiger partial charge is 0.387 e. The maximum absolute atomic E-state index is 10.1. The molecule has 16 heavy (non-hydrogen) atoms. The summed E-state index contributed by atoms with van der Waals surface area (Å²) in [5, 5.41) is 13.5. The Morgan fingerprint density at radius 2 is 2.00 bits per heavy atom. The zero-order valence-corrected chi connectivity index (χ0v) is 9.60. The highest BCUT2D eigenvalue weighted by atomic mass is 16.3. The van der Waals surface area contributed by atoms with Gasteiger partial charge in [0.2, 0.25) is 0 Å². The van der Waals surface area contributed by atoms with Crippen LogP contribution in [-0.4, -0.2) is 42.7 Å². The van der Waals surface area contributed by atoms with Crippen molar-refractivity contribution in [2.45, 2.75) is 12.5 Å². The fourth-order valence-corrected chi connectivity index (χ4v) is 2.11. The van der Waals surface area contributed by atoms with E-state index in [0.29, 0.717) is 0 Å². The Morgan fingerprint density at radius 3 is 2.81 bits per heavy atom. The second-order valence-corrected chi connectivity index (χ2v) is 4.33. The van der Waals surface area contributed by atoms with Crippen LogP contribution in [0.25, 0.3) is 0 Å². The van der Waals surface area contributed by atoms with Crippen molar-refractivity contribution in [3.8, 4) is 0 Å². The van der Waals surface area contributed by atoms with Crippen LogP contribution in [0, 0.1) is 0 Å². The molecule has 88 valence electrons. The van der Waals surface area contributed by atoms with Crippen LogP contribution in [-0.2, 0) is 0 Å². The van der Waals surface area contributed by atoms with Gasteiger partial charge < -0.3 is 10.4 Å². The summed E-state index contributed by atoms with van der Waals surface area (Å²) in [4.78, 5) is 2.33. The molecule has 1 aromatic rings. The van der Waals surface area contributed by atoms with Gasteiger partial charge in [-0.1, -0.05) is 30.3 Å². The van der Waals surface area contributed by atoms with Crippen LogP contribution in [0.15, 0.2) is 30.3 Å². The molecule has 0 aromatic heterocycles. The topological polar surface area (TPSA) is 35.5 Å². The molecule has 0 amide bonds. The maximum atomic E-state index is 10.1. The van der Waals surface area contributed by atoms with Gasteiger partial charge in [0.25, 0.3) is 0 Å². The molecule has 1 saturated heterocycles. The van der Waals surface area contributed by atoms with Gasteiger partial charge in [-0.05, 0) is 25.1 Å². The Balaban J connectivity index is 1.88. The van der Waals surface area contributed by atoms with Crippen molar-refractivity contribution in [2.24, 2.45) is 0 Å². The lowest BCUT2D eigenvalue weighted by molar-refractivity contribution is 0.117. The predicted octanol–water partition coefficient (Wildman–Crippen LogP) is 1.02. The van der Waals surface area contributed by atoms with Crippen molar-refractivity contribution in [2.75, 3.05) is 32.7 Å². The van der Waals surface area contributed by atoms with Crippen molar-refractivity contribution in [3.05, 3.63) is 35.9 Å². The molecule has 2 N–H and O–H groups in total. The summed E-state index contributed by atoms with van der Waals surface area (Å²) in [7, 11) is 0. The van der Waals surface area contributed by atoms with Gasteiger partial charge in [0.1, 0.15) is 0 Å². The third-order valence-corrected chi connectivity index (χ3v) is 3.05. The van der Waals surface area contributed by atoms with E-state index in [2.05, 4.69) is 10.2 Å². The third-order valence-electron chi connectivity index (χ3n) is 3.05. The highest BCUT2D eigenvalue weighted by Gasteiger charge is 2.14. The Kier molecular flexibility index (Phi) is 4.34. The lowest BCUT2D eigenvalue weighted by atomic mass is 10.1. The summed E-state index contributed by atoms with van der Waals surface area (Å²) >= 11 is 0. The number of aliphatic hydroxyl groups is 1. The van der Waals surface area contributed by atoms with E-state index in [9.17, 15) is 5.11 Å². The van der Waals surface area contributed by atoms with Crippen LogP contribution in [0.1, 0.15) is 18.1 Å². The van der Waals surface area contributed by atoms with Crippen LogP contribution in [0.3, 0.4) is 0 Å². The molecule has 0 spiro atoms. The minimum Gasteiger partial charge on any atom is -0.387 e. The normalized spacial score (nSPS) is 20.3. The van der Waals surface area contributed by atoms with E-state index < -0.39 is 0 Å². The Bertz CT molecular complexity index is 294. The lowest BCUT2D eigenvalue weighted by Crippen LogP contribution is -2.32. The molecular formula is C13H20N2O. The molecule has 3 nitrogen and oxygen atoms in total. The zero-order valence-electron chi connectivity index (χ0n) is 9.60. The van der Waals surface area contributed by atoms with Crippen LogP contribution < -0.4 is 5.32 Å². The van der Waals surface area contributed by atoms with Crippen molar-refractivity contribution < 1.29 is 5.11 Å². The van der Waals surface area contributed by atoms with Crippen LogP contribution in [0.4, 0.5) is 0 Å². The van der Waals surface area contributed by atoms with E-state index in [1.54, 1.807) is 0 Å². The number of hydrogen-bond donors (Lipinski definition) is 2. The van der Waals surface area contributed by atoms with Gasteiger partial charge in [-0.25, -0.2) is 0 Å². The van der Waals surface area contributed by atoms with E-state index >= 15 is 0 Å². The van der Waals surface area contributed by atoms with Crippen molar-refractivity contribution in [3.63, 3.8) is 0 Å². The number of hydrogen-bond acceptors (Lipinski definition) is 3. The summed E-state index contributed by atoms with van der Waals surface area (Å²) in [5.41, 5.74) is 1.01. The summed E-state index contributed by atoms with van der Waals surface area (Å²) in [6.45, 7) is 4.98. The molecule has 0 radical (unpaired) electrons. The molecule has 1 aromatic carbocycles. The first-order valence-electron chi connectivity index (χ1n) is 6.02. The number of aliphatic hydroxyl groups excluding tert-OH is 1. The first kappa shape index (κ1) is 11.6. The van der Waals surface area contributed by atoms with Gasteiger partial charge in [0.05, 0.1) is 6.10 Å². The average Bonchev–Trinajstić information content (AvgIpc) is 2.59. The first-order chi connectivity index (χ1) is 7.86. The Morgan fingerprint density at radius 1 is 1.19 bits per heavy atom. The average molecular weight is 220 g/mol. The highest BCUT2D eigenvalue weighted by molar-refractivity contribution is 5.17. The van der Waals surface area contributed by atoms with E-state index in [1.807, 2.05) is 30.3 Å². The fraction of sp³-hybridized carbons (Fsp3) is 0.538. The summed E-state index contributed by atoms with van der Waals surface area (Å²) in [6.07, 6.45) is 0.806. The number of β-amino-alcohol motifs (C(OH)–C–C–N with tert-alkyl or cyclic N) is 1. The molecule has 0 aliphatic carbocycles. The second kappa shape index (κ2) is 5.99. The van der Waals surface area contributed by atoms with Gasteiger partial charge in [-0.2, -0.15) is 0 Å². The molecule has 1 atom stereocenters. The van der Waals surface area contributed by atoms with E-state index in [0.717, 1.165) is 38.3 Å². The second-order valence-electron chi connectivity index (χ2n) is 4.33. The van der Waals surface area contributed by atoms with Gasteiger partial charge in [-0.15, -0.1) is 0 Å². The number of benzene rings is 1. The lowest BCUT2D eigenvalue weighted by Gasteiger charge is -2.23. The molecule has 0 bridgehead atoms. The van der Waals surface area contributed by atoms with Crippen LogP contribution in [0.5, 0.6) is 0 Å². The van der Waals surface area contributed by atoms with Gasteiger partial charge >= 0.3 is 0 Å². The molecule has 1 fully saturated rings. The van der Waals surface area contributed by atoms with Crippen molar-refractivity contribution in [1.82, 2.24) is 10.2 Å². The molecule has 1 heterocycles. The molecule has 1 aliphatic heterocycles. The summed E-state index contributed by atoms with van der Waals surface area (Å²) in [6, 6.07) is 9.90. The van der Waals surface area contributed by atoms with Crippen molar-refractivity contribution in [1.29, 1.82) is 0 Å². The molecule has 1 unspecified atom stereocenters. The number of nitrogens with zero attached hydrogens (tertiary/aromatic N) is 1. The van der Waals surface area contributed by atoms with Crippen LogP contribution in [0.2, 0.25) is 0 Å². The maximum Gasteiger partial charge on any atom is 0.0916 e. The molecule has 0 saturated carbocycles. The fourth-order valence-electron chi connectivity index (χ4n) is 2.11.